The molecule has 0 saturated heterocycles. The summed E-state index contributed by atoms with van der Waals surface area (Å²) in [4.78, 5) is 5.28. The molecule has 1 aromatic carbocycles. The molecule has 0 bridgehead atoms. The molecule has 1 heterocycles. The van der Waals surface area contributed by atoms with Crippen molar-refractivity contribution < 1.29 is 4.74 Å². The highest BCUT2D eigenvalue weighted by molar-refractivity contribution is 7.98. The number of nitrogen functional groups attached to an aromatic ring is 1. The highest BCUT2D eigenvalue weighted by Crippen LogP contribution is 2.31. The molecule has 2 aromatic rings. The fourth-order valence-electron chi connectivity index (χ4n) is 1.65. The maximum atomic E-state index is 6.05. The molecule has 0 aliphatic heterocycles. The Balaban J connectivity index is 2.14. The Labute approximate surface area is 111 Å². The number of rotatable bonds is 4. The Hall–Kier alpha value is -1.68. The van der Waals surface area contributed by atoms with Gasteiger partial charge in [0.25, 0.3) is 0 Å². The van der Waals surface area contributed by atoms with Crippen LogP contribution in [0.4, 0.5) is 5.69 Å². The highest BCUT2D eigenvalue weighted by atomic mass is 32.2. The number of benzene rings is 1. The zero-order valence-electron chi connectivity index (χ0n) is 10.5. The van der Waals surface area contributed by atoms with Gasteiger partial charge in [0, 0.05) is 28.1 Å². The minimum Gasteiger partial charge on any atom is -0.481 e. The summed E-state index contributed by atoms with van der Waals surface area (Å²) in [5.74, 6) is 1.47. The van der Waals surface area contributed by atoms with Crippen LogP contribution >= 0.6 is 11.8 Å². The molecule has 4 heteroatoms. The molecule has 94 valence electrons. The van der Waals surface area contributed by atoms with Crippen LogP contribution in [0.1, 0.15) is 11.1 Å². The van der Waals surface area contributed by atoms with Crippen molar-refractivity contribution in [2.75, 3.05) is 12.8 Å². The van der Waals surface area contributed by atoms with Crippen LogP contribution in [0, 0.1) is 6.92 Å². The smallest absolute Gasteiger partial charge is 0.217 e. The van der Waals surface area contributed by atoms with Gasteiger partial charge in [0.15, 0.2) is 0 Å². The van der Waals surface area contributed by atoms with Crippen molar-refractivity contribution >= 4 is 17.4 Å². The molecule has 3 nitrogen and oxygen atoms in total. The second-order valence-corrected chi connectivity index (χ2v) is 4.96. The van der Waals surface area contributed by atoms with Crippen LogP contribution in [0.25, 0.3) is 0 Å². The minimum absolute atomic E-state index is 0.677. The van der Waals surface area contributed by atoms with E-state index in [-0.39, 0.29) is 0 Å². The van der Waals surface area contributed by atoms with E-state index in [1.165, 1.54) is 0 Å². The lowest BCUT2D eigenvalue weighted by atomic mass is 10.2. The standard InChI is InChI=1S/C14H16N2OS/c1-10-5-3-7-12(13(10)15)18-9-11-6-4-8-16-14(11)17-2/h3-8H,9,15H2,1-2H3. The Morgan fingerprint density at radius 3 is 2.89 bits per heavy atom. The molecule has 0 spiro atoms. The van der Waals surface area contributed by atoms with E-state index in [1.807, 2.05) is 37.3 Å². The van der Waals surface area contributed by atoms with Gasteiger partial charge in [0.1, 0.15) is 0 Å². The van der Waals surface area contributed by atoms with Crippen LogP contribution in [-0.4, -0.2) is 12.1 Å². The van der Waals surface area contributed by atoms with Gasteiger partial charge in [-0.25, -0.2) is 4.98 Å². The first-order valence-electron chi connectivity index (χ1n) is 5.68. The van der Waals surface area contributed by atoms with E-state index < -0.39 is 0 Å². The molecule has 2 rings (SSSR count). The second-order valence-electron chi connectivity index (χ2n) is 3.95. The van der Waals surface area contributed by atoms with Crippen molar-refractivity contribution in [2.45, 2.75) is 17.6 Å². The van der Waals surface area contributed by atoms with Crippen LogP contribution in [0.2, 0.25) is 0 Å². The maximum absolute atomic E-state index is 6.05. The number of pyridine rings is 1. The summed E-state index contributed by atoms with van der Waals surface area (Å²) in [6, 6.07) is 10.0. The van der Waals surface area contributed by atoms with Crippen LogP contribution in [0.3, 0.4) is 0 Å². The first-order chi connectivity index (χ1) is 8.72. The van der Waals surface area contributed by atoms with Crippen molar-refractivity contribution in [3.63, 3.8) is 0 Å². The highest BCUT2D eigenvalue weighted by Gasteiger charge is 2.06. The molecule has 0 fully saturated rings. The van der Waals surface area contributed by atoms with Gasteiger partial charge in [0.05, 0.1) is 7.11 Å². The van der Waals surface area contributed by atoms with Gasteiger partial charge in [-0.1, -0.05) is 18.2 Å². The molecule has 2 N–H and O–H groups in total. The quantitative estimate of drug-likeness (QED) is 0.677. The Morgan fingerprint density at radius 1 is 1.28 bits per heavy atom. The minimum atomic E-state index is 0.677. The summed E-state index contributed by atoms with van der Waals surface area (Å²) in [6.07, 6.45) is 1.73. The van der Waals surface area contributed by atoms with Crippen LogP contribution < -0.4 is 10.5 Å². The SMILES string of the molecule is COc1ncccc1CSc1cccc(C)c1N. The molecule has 0 unspecified atom stereocenters. The first-order valence-corrected chi connectivity index (χ1v) is 6.66. The van der Waals surface area contributed by atoms with Gasteiger partial charge >= 0.3 is 0 Å². The number of hydrogen-bond acceptors (Lipinski definition) is 4. The van der Waals surface area contributed by atoms with Crippen LogP contribution in [-0.2, 0) is 5.75 Å². The second kappa shape index (κ2) is 5.78. The number of methoxy groups -OCH3 is 1. The van der Waals surface area contributed by atoms with Crippen molar-refractivity contribution in [1.82, 2.24) is 4.98 Å². The van der Waals surface area contributed by atoms with Crippen LogP contribution in [0.15, 0.2) is 41.4 Å². The third-order valence-corrected chi connectivity index (χ3v) is 3.83. The van der Waals surface area contributed by atoms with E-state index in [0.717, 1.165) is 27.5 Å². The number of hydrogen-bond donors (Lipinski definition) is 1. The molecule has 0 aliphatic carbocycles. The van der Waals surface area contributed by atoms with Gasteiger partial charge in [-0.15, -0.1) is 11.8 Å². The number of ether oxygens (including phenoxy) is 1. The lowest BCUT2D eigenvalue weighted by Gasteiger charge is -2.09. The Kier molecular flexibility index (Phi) is 4.10. The molecule has 0 atom stereocenters. The number of anilines is 1. The summed E-state index contributed by atoms with van der Waals surface area (Å²) < 4.78 is 5.23. The first kappa shape index (κ1) is 12.8. The zero-order chi connectivity index (χ0) is 13.0. The summed E-state index contributed by atoms with van der Waals surface area (Å²) in [5.41, 5.74) is 9.09. The molecule has 0 radical (unpaired) electrons. The van der Waals surface area contributed by atoms with Gasteiger partial charge in [0.2, 0.25) is 5.88 Å². The third-order valence-electron chi connectivity index (χ3n) is 2.71. The fraction of sp³-hybridized carbons (Fsp3) is 0.214. The van der Waals surface area contributed by atoms with Crippen LogP contribution in [0.5, 0.6) is 5.88 Å². The number of para-hydroxylation sites is 1. The molecule has 0 saturated carbocycles. The molecular weight excluding hydrogens is 244 g/mol. The van der Waals surface area contributed by atoms with E-state index in [2.05, 4.69) is 4.98 Å². The number of thioether (sulfide) groups is 1. The van der Waals surface area contributed by atoms with E-state index in [1.54, 1.807) is 25.1 Å². The molecule has 0 aliphatic rings. The maximum Gasteiger partial charge on any atom is 0.217 e. The van der Waals surface area contributed by atoms with Crippen molar-refractivity contribution in [2.24, 2.45) is 0 Å². The number of nitrogens with two attached hydrogens (primary N) is 1. The summed E-state index contributed by atoms with van der Waals surface area (Å²) in [7, 11) is 1.64. The van der Waals surface area contributed by atoms with E-state index in [4.69, 9.17) is 10.5 Å². The predicted molar refractivity (Wildman–Crippen MR) is 75.9 cm³/mol. The number of nitrogens with zero attached hydrogens (tertiary/aromatic N) is 1. The Morgan fingerprint density at radius 2 is 2.11 bits per heavy atom. The molecular formula is C14H16N2OS. The van der Waals surface area contributed by atoms with Crippen molar-refractivity contribution in [1.29, 1.82) is 0 Å². The Bertz CT molecular complexity index is 543. The summed E-state index contributed by atoms with van der Waals surface area (Å²) in [5, 5.41) is 0. The van der Waals surface area contributed by atoms with E-state index in [9.17, 15) is 0 Å². The molecule has 18 heavy (non-hydrogen) atoms. The lowest BCUT2D eigenvalue weighted by Crippen LogP contribution is -1.95. The van der Waals surface area contributed by atoms with Gasteiger partial charge in [-0.3, -0.25) is 0 Å². The summed E-state index contributed by atoms with van der Waals surface area (Å²) >= 11 is 1.70. The molecule has 1 aromatic heterocycles. The van der Waals surface area contributed by atoms with E-state index >= 15 is 0 Å². The normalized spacial score (nSPS) is 10.3. The number of aromatic nitrogens is 1. The number of aryl methyl sites for hydroxylation is 1. The average molecular weight is 260 g/mol. The summed E-state index contributed by atoms with van der Waals surface area (Å²) in [6.45, 7) is 2.02. The molecule has 0 amide bonds. The lowest BCUT2D eigenvalue weighted by molar-refractivity contribution is 0.394. The average Bonchev–Trinajstić information content (AvgIpc) is 2.41. The van der Waals surface area contributed by atoms with Crippen molar-refractivity contribution in [3.8, 4) is 5.88 Å². The predicted octanol–water partition coefficient (Wildman–Crippen LogP) is 3.27. The van der Waals surface area contributed by atoms with Gasteiger partial charge in [-0.2, -0.15) is 0 Å². The monoisotopic (exact) mass is 260 g/mol. The van der Waals surface area contributed by atoms with Crippen molar-refractivity contribution in [3.05, 3.63) is 47.7 Å². The largest absolute Gasteiger partial charge is 0.481 e. The zero-order valence-corrected chi connectivity index (χ0v) is 11.3. The fourth-order valence-corrected chi connectivity index (χ4v) is 2.67. The topological polar surface area (TPSA) is 48.1 Å². The van der Waals surface area contributed by atoms with E-state index in [0.29, 0.717) is 5.88 Å². The van der Waals surface area contributed by atoms with Gasteiger partial charge in [-0.05, 0) is 24.6 Å². The van der Waals surface area contributed by atoms with Gasteiger partial charge < -0.3 is 10.5 Å². The third kappa shape index (κ3) is 2.76.